The lowest BCUT2D eigenvalue weighted by Crippen LogP contribution is -2.64. The standard InChI is InChI=1S/C17H28N4O4S2/c1-6-12-20-13-14-21(17(2,3)16(20)22)27(24,25)18-26(23,19(4)5)15-10-8-7-9-11-15/h7-11H,6,12-14H2,1-5H3. The Bertz CT molecular complexity index is 904. The van der Waals surface area contributed by atoms with E-state index in [1.165, 1.54) is 18.4 Å². The number of nitrogens with zero attached hydrogens (tertiary/aromatic N) is 4. The van der Waals surface area contributed by atoms with Crippen molar-refractivity contribution in [3.05, 3.63) is 30.3 Å². The molecule has 1 heterocycles. The Kier molecular flexibility index (Phi) is 6.35. The highest BCUT2D eigenvalue weighted by Crippen LogP contribution is 2.28. The summed E-state index contributed by atoms with van der Waals surface area (Å²) in [6.07, 6.45) is 0.793. The van der Waals surface area contributed by atoms with Crippen LogP contribution in [0.3, 0.4) is 0 Å². The Hall–Kier alpha value is -1.49. The van der Waals surface area contributed by atoms with Crippen molar-refractivity contribution in [1.29, 1.82) is 0 Å². The second kappa shape index (κ2) is 7.86. The number of benzene rings is 1. The maximum absolute atomic E-state index is 13.5. The Morgan fingerprint density at radius 3 is 2.22 bits per heavy atom. The summed E-state index contributed by atoms with van der Waals surface area (Å²) < 4.78 is 45.8. The van der Waals surface area contributed by atoms with Crippen molar-refractivity contribution in [1.82, 2.24) is 13.5 Å². The zero-order chi connectivity index (χ0) is 20.5. The molecule has 1 amide bonds. The summed E-state index contributed by atoms with van der Waals surface area (Å²) in [6, 6.07) is 8.27. The van der Waals surface area contributed by atoms with Crippen LogP contribution in [0, 0.1) is 0 Å². The topological polar surface area (TPSA) is 90.4 Å². The van der Waals surface area contributed by atoms with Crippen LogP contribution < -0.4 is 0 Å². The van der Waals surface area contributed by atoms with Gasteiger partial charge in [-0.2, -0.15) is 12.7 Å². The van der Waals surface area contributed by atoms with Crippen LogP contribution in [-0.2, 0) is 24.9 Å². The van der Waals surface area contributed by atoms with Gasteiger partial charge in [0.15, 0.2) is 9.92 Å². The summed E-state index contributed by atoms with van der Waals surface area (Å²) >= 11 is 0. The molecule has 1 aliphatic heterocycles. The predicted octanol–water partition coefficient (Wildman–Crippen LogP) is 1.57. The molecular weight excluding hydrogens is 388 g/mol. The predicted molar refractivity (Wildman–Crippen MR) is 106 cm³/mol. The van der Waals surface area contributed by atoms with Gasteiger partial charge in [0.1, 0.15) is 5.54 Å². The molecule has 1 fully saturated rings. The summed E-state index contributed by atoms with van der Waals surface area (Å²) in [5.74, 6) is -0.273. The van der Waals surface area contributed by atoms with Crippen LogP contribution >= 0.6 is 0 Å². The lowest BCUT2D eigenvalue weighted by Gasteiger charge is -2.43. The van der Waals surface area contributed by atoms with Crippen LogP contribution in [-0.4, -0.2) is 71.3 Å². The van der Waals surface area contributed by atoms with E-state index >= 15 is 0 Å². The third-order valence-corrected chi connectivity index (χ3v) is 9.15. The number of amides is 1. The molecule has 1 saturated heterocycles. The molecule has 1 aromatic rings. The van der Waals surface area contributed by atoms with Gasteiger partial charge in [-0.05, 0) is 32.4 Å². The molecule has 8 nitrogen and oxygen atoms in total. The van der Waals surface area contributed by atoms with Crippen LogP contribution in [0.1, 0.15) is 27.2 Å². The molecular formula is C17H28N4O4S2. The van der Waals surface area contributed by atoms with Crippen LogP contribution in [0.4, 0.5) is 0 Å². The fourth-order valence-corrected chi connectivity index (χ4v) is 7.18. The van der Waals surface area contributed by atoms with Crippen molar-refractivity contribution >= 4 is 26.0 Å². The molecule has 1 aliphatic rings. The number of carbonyl (C=O) groups excluding carboxylic acids is 1. The average Bonchev–Trinajstić information content (AvgIpc) is 2.59. The quantitative estimate of drug-likeness (QED) is 0.704. The molecule has 152 valence electrons. The molecule has 0 spiro atoms. The van der Waals surface area contributed by atoms with Crippen LogP contribution in [0.5, 0.6) is 0 Å². The molecule has 1 aromatic carbocycles. The van der Waals surface area contributed by atoms with Gasteiger partial charge in [-0.25, -0.2) is 8.51 Å². The Morgan fingerprint density at radius 2 is 1.70 bits per heavy atom. The van der Waals surface area contributed by atoms with Gasteiger partial charge in [0.25, 0.3) is 0 Å². The van der Waals surface area contributed by atoms with Crippen molar-refractivity contribution in [2.24, 2.45) is 3.77 Å². The normalized spacial score (nSPS) is 20.5. The van der Waals surface area contributed by atoms with Crippen molar-refractivity contribution < 1.29 is 17.4 Å². The minimum absolute atomic E-state index is 0.113. The summed E-state index contributed by atoms with van der Waals surface area (Å²) in [7, 11) is -4.66. The van der Waals surface area contributed by atoms with E-state index in [2.05, 4.69) is 3.77 Å². The summed E-state index contributed by atoms with van der Waals surface area (Å²) in [4.78, 5) is 14.7. The van der Waals surface area contributed by atoms with E-state index in [0.29, 0.717) is 18.0 Å². The highest BCUT2D eigenvalue weighted by molar-refractivity contribution is 8.01. The molecule has 1 unspecified atom stereocenters. The van der Waals surface area contributed by atoms with E-state index in [-0.39, 0.29) is 12.5 Å². The van der Waals surface area contributed by atoms with Gasteiger partial charge in [0, 0.05) is 33.7 Å². The molecule has 0 saturated carbocycles. The van der Waals surface area contributed by atoms with Crippen LogP contribution in [0.25, 0.3) is 0 Å². The van der Waals surface area contributed by atoms with E-state index < -0.39 is 25.7 Å². The fourth-order valence-electron chi connectivity index (χ4n) is 3.06. The molecule has 0 radical (unpaired) electrons. The monoisotopic (exact) mass is 416 g/mol. The summed E-state index contributed by atoms with van der Waals surface area (Å²) in [6.45, 7) is 6.06. The largest absolute Gasteiger partial charge is 0.340 e. The minimum atomic E-state index is -4.32. The van der Waals surface area contributed by atoms with E-state index in [1.807, 2.05) is 6.92 Å². The number of piperazine rings is 1. The van der Waals surface area contributed by atoms with Crippen molar-refractivity contribution in [3.8, 4) is 0 Å². The average molecular weight is 417 g/mol. The van der Waals surface area contributed by atoms with Gasteiger partial charge in [-0.3, -0.25) is 4.79 Å². The first-order chi connectivity index (χ1) is 12.5. The maximum atomic E-state index is 13.5. The smallest absolute Gasteiger partial charge is 0.332 e. The Balaban J connectivity index is 2.53. The van der Waals surface area contributed by atoms with Crippen molar-refractivity contribution in [2.45, 2.75) is 37.6 Å². The number of hydrogen-bond acceptors (Lipinski definition) is 4. The molecule has 0 N–H and O–H groups in total. The summed E-state index contributed by atoms with van der Waals surface area (Å²) in [5, 5.41) is 0. The zero-order valence-corrected chi connectivity index (χ0v) is 18.1. The van der Waals surface area contributed by atoms with Gasteiger partial charge >= 0.3 is 10.2 Å². The first-order valence-electron chi connectivity index (χ1n) is 8.80. The van der Waals surface area contributed by atoms with Gasteiger partial charge in [-0.1, -0.05) is 28.9 Å². The van der Waals surface area contributed by atoms with Crippen LogP contribution in [0.2, 0.25) is 0 Å². The second-order valence-corrected chi connectivity index (χ2v) is 11.2. The number of rotatable bonds is 6. The molecule has 0 bridgehead atoms. The molecule has 0 aromatic heterocycles. The zero-order valence-electron chi connectivity index (χ0n) is 16.5. The lowest BCUT2D eigenvalue weighted by molar-refractivity contribution is -0.144. The van der Waals surface area contributed by atoms with Gasteiger partial charge in [0.2, 0.25) is 5.91 Å². The van der Waals surface area contributed by atoms with E-state index in [0.717, 1.165) is 10.7 Å². The highest BCUT2D eigenvalue weighted by Gasteiger charge is 2.48. The van der Waals surface area contributed by atoms with E-state index in [4.69, 9.17) is 0 Å². The first kappa shape index (κ1) is 21.8. The highest BCUT2D eigenvalue weighted by atomic mass is 32.3. The molecule has 2 rings (SSSR count). The van der Waals surface area contributed by atoms with E-state index in [9.17, 15) is 17.4 Å². The summed E-state index contributed by atoms with van der Waals surface area (Å²) in [5.41, 5.74) is -1.29. The lowest BCUT2D eigenvalue weighted by atomic mass is 10.0. The molecule has 1 atom stereocenters. The fraction of sp³-hybridized carbons (Fsp3) is 0.588. The molecule has 0 aliphatic carbocycles. The molecule has 10 heteroatoms. The van der Waals surface area contributed by atoms with Crippen molar-refractivity contribution in [2.75, 3.05) is 33.7 Å². The van der Waals surface area contributed by atoms with Gasteiger partial charge in [-0.15, -0.1) is 0 Å². The van der Waals surface area contributed by atoms with E-state index in [1.54, 1.807) is 49.1 Å². The molecule has 27 heavy (non-hydrogen) atoms. The Morgan fingerprint density at radius 1 is 1.11 bits per heavy atom. The third-order valence-electron chi connectivity index (χ3n) is 4.52. The second-order valence-electron chi connectivity index (χ2n) is 7.10. The minimum Gasteiger partial charge on any atom is -0.340 e. The van der Waals surface area contributed by atoms with Crippen LogP contribution in [0.15, 0.2) is 39.0 Å². The maximum Gasteiger partial charge on any atom is 0.332 e. The van der Waals surface area contributed by atoms with Gasteiger partial charge in [0.05, 0.1) is 4.90 Å². The Labute approximate surface area is 162 Å². The van der Waals surface area contributed by atoms with Gasteiger partial charge < -0.3 is 4.90 Å². The number of hydrogen-bond donors (Lipinski definition) is 0. The van der Waals surface area contributed by atoms with Crippen molar-refractivity contribution in [3.63, 3.8) is 0 Å². The third kappa shape index (κ3) is 4.18. The first-order valence-corrected chi connectivity index (χ1v) is 11.7. The number of carbonyl (C=O) groups is 1. The SMILES string of the molecule is CCCN1CCN(S(=O)(=O)N=S(=O)(c2ccccc2)N(C)C)C(C)(C)C1=O.